The van der Waals surface area contributed by atoms with Gasteiger partial charge in [-0.1, -0.05) is 0 Å². The van der Waals surface area contributed by atoms with Crippen molar-refractivity contribution in [2.24, 2.45) is 4.99 Å². The van der Waals surface area contributed by atoms with Gasteiger partial charge in [-0.25, -0.2) is 4.79 Å². The lowest BCUT2D eigenvalue weighted by molar-refractivity contribution is -0.141. The zero-order chi connectivity index (χ0) is 6.91. The maximum atomic E-state index is 10.4. The van der Waals surface area contributed by atoms with Crippen molar-refractivity contribution in [2.45, 2.75) is 12.5 Å². The van der Waals surface area contributed by atoms with Gasteiger partial charge in [0, 0.05) is 5.75 Å². The van der Waals surface area contributed by atoms with E-state index in [2.05, 4.69) is 4.99 Å². The van der Waals surface area contributed by atoms with Gasteiger partial charge in [0.2, 0.25) is 0 Å². The van der Waals surface area contributed by atoms with E-state index >= 15 is 0 Å². The van der Waals surface area contributed by atoms with Gasteiger partial charge in [0.25, 0.3) is 0 Å². The van der Waals surface area contributed by atoms with E-state index in [0.717, 1.165) is 0 Å². The number of aliphatic imine (C=N–C) groups is 1. The van der Waals surface area contributed by atoms with Gasteiger partial charge >= 0.3 is 5.97 Å². The number of carbonyl (C=O) groups is 1. The van der Waals surface area contributed by atoms with Crippen molar-refractivity contribution < 1.29 is 9.90 Å². The average molecular weight is 145 g/mol. The van der Waals surface area contributed by atoms with Crippen LogP contribution in [-0.4, -0.2) is 27.9 Å². The smallest absolute Gasteiger partial charge is 0.332 e. The monoisotopic (exact) mass is 145 g/mol. The van der Waals surface area contributed by atoms with Crippen LogP contribution in [0.3, 0.4) is 0 Å². The van der Waals surface area contributed by atoms with E-state index in [9.17, 15) is 4.79 Å². The molecule has 1 N–H and O–H groups in total. The van der Waals surface area contributed by atoms with Crippen LogP contribution in [-0.2, 0) is 4.79 Å². The van der Waals surface area contributed by atoms with Crippen LogP contribution < -0.4 is 0 Å². The molecule has 1 aliphatic rings. The number of hydrogen-bond acceptors (Lipinski definition) is 3. The molecule has 0 amide bonds. The topological polar surface area (TPSA) is 49.7 Å². The SMILES string of the molecule is C[C@]1(C(=O)O)CSC=N1. The predicted octanol–water partition coefficient (Wildman–Crippen LogP) is 0.605. The second kappa shape index (κ2) is 2.02. The van der Waals surface area contributed by atoms with E-state index in [0.29, 0.717) is 5.75 Å². The highest BCUT2D eigenvalue weighted by Crippen LogP contribution is 2.22. The average Bonchev–Trinajstić information content (AvgIpc) is 2.16. The van der Waals surface area contributed by atoms with Crippen molar-refractivity contribution in [3.8, 4) is 0 Å². The van der Waals surface area contributed by atoms with Crippen LogP contribution in [0.5, 0.6) is 0 Å². The van der Waals surface area contributed by atoms with Gasteiger partial charge < -0.3 is 5.11 Å². The molecule has 0 aromatic carbocycles. The number of carboxylic acid groups (broad SMARTS) is 1. The number of hydrogen-bond donors (Lipinski definition) is 1. The van der Waals surface area contributed by atoms with Crippen LogP contribution in [0.15, 0.2) is 4.99 Å². The van der Waals surface area contributed by atoms with Gasteiger partial charge in [0.1, 0.15) is 0 Å². The Kier molecular flexibility index (Phi) is 1.48. The second-order valence-electron chi connectivity index (χ2n) is 2.12. The molecule has 0 aliphatic carbocycles. The van der Waals surface area contributed by atoms with Gasteiger partial charge in [0.15, 0.2) is 5.54 Å². The molecule has 0 saturated heterocycles. The van der Waals surface area contributed by atoms with Crippen LogP contribution in [0.1, 0.15) is 6.92 Å². The minimum atomic E-state index is -0.856. The summed E-state index contributed by atoms with van der Waals surface area (Å²) in [6.07, 6.45) is 0. The third-order valence-corrected chi connectivity index (χ3v) is 2.22. The van der Waals surface area contributed by atoms with Gasteiger partial charge in [-0.15, -0.1) is 11.8 Å². The maximum Gasteiger partial charge on any atom is 0.332 e. The number of thioether (sulfide) groups is 1. The van der Waals surface area contributed by atoms with Gasteiger partial charge in [-0.2, -0.15) is 0 Å². The summed E-state index contributed by atoms with van der Waals surface area (Å²) in [5, 5.41) is 8.55. The molecule has 1 rings (SSSR count). The van der Waals surface area contributed by atoms with Crippen molar-refractivity contribution in [1.29, 1.82) is 0 Å². The summed E-state index contributed by atoms with van der Waals surface area (Å²) in [5.41, 5.74) is 0.735. The Bertz CT molecular complexity index is 168. The minimum absolute atomic E-state index is 0.558. The molecule has 0 saturated carbocycles. The molecule has 50 valence electrons. The quantitative estimate of drug-likeness (QED) is 0.588. The predicted molar refractivity (Wildman–Crippen MR) is 37.0 cm³/mol. The second-order valence-corrected chi connectivity index (χ2v) is 2.96. The zero-order valence-electron chi connectivity index (χ0n) is 5.00. The zero-order valence-corrected chi connectivity index (χ0v) is 5.81. The first-order valence-electron chi connectivity index (χ1n) is 2.54. The number of aliphatic carboxylic acids is 1. The highest BCUT2D eigenvalue weighted by atomic mass is 32.2. The lowest BCUT2D eigenvalue weighted by Gasteiger charge is -2.11. The Morgan fingerprint density at radius 2 is 2.67 bits per heavy atom. The third-order valence-electron chi connectivity index (χ3n) is 1.24. The molecule has 0 aromatic rings. The normalized spacial score (nSPS) is 33.0. The summed E-state index contributed by atoms with van der Waals surface area (Å²) in [7, 11) is 0. The van der Waals surface area contributed by atoms with E-state index in [4.69, 9.17) is 5.11 Å². The first kappa shape index (κ1) is 6.61. The van der Waals surface area contributed by atoms with Gasteiger partial charge in [-0.3, -0.25) is 4.99 Å². The summed E-state index contributed by atoms with van der Waals surface area (Å²) in [6, 6.07) is 0. The minimum Gasteiger partial charge on any atom is -0.479 e. The number of carboxylic acids is 1. The molecule has 0 spiro atoms. The van der Waals surface area contributed by atoms with Crippen molar-refractivity contribution in [3.63, 3.8) is 0 Å². The molecule has 0 bridgehead atoms. The molecule has 1 aliphatic heterocycles. The first-order valence-corrected chi connectivity index (χ1v) is 3.59. The van der Waals surface area contributed by atoms with Crippen molar-refractivity contribution >= 4 is 23.3 Å². The Hall–Kier alpha value is -0.510. The fourth-order valence-corrected chi connectivity index (χ4v) is 1.41. The fraction of sp³-hybridized carbons (Fsp3) is 0.600. The lowest BCUT2D eigenvalue weighted by Crippen LogP contribution is -2.33. The molecule has 1 atom stereocenters. The van der Waals surface area contributed by atoms with Crippen LogP contribution in [0.4, 0.5) is 0 Å². The first-order chi connectivity index (χ1) is 4.15. The molecule has 0 radical (unpaired) electrons. The Labute approximate surface area is 57.2 Å². The standard InChI is InChI=1S/C5H7NO2S/c1-5(4(7)8)2-9-3-6-5/h3H,2H2,1H3,(H,7,8)/t5-/m1/s1. The summed E-state index contributed by atoms with van der Waals surface area (Å²) in [5.74, 6) is -0.286. The fourth-order valence-electron chi connectivity index (χ4n) is 0.507. The number of rotatable bonds is 1. The molecule has 0 unspecified atom stereocenters. The molecular formula is C5H7NO2S. The van der Waals surface area contributed by atoms with E-state index in [1.54, 1.807) is 12.5 Å². The summed E-state index contributed by atoms with van der Waals surface area (Å²) in [4.78, 5) is 14.2. The Balaban J connectivity index is 2.74. The van der Waals surface area contributed by atoms with E-state index in [-0.39, 0.29) is 0 Å². The Morgan fingerprint density at radius 1 is 2.00 bits per heavy atom. The third kappa shape index (κ3) is 1.08. The number of nitrogens with zero attached hydrogens (tertiary/aromatic N) is 1. The summed E-state index contributed by atoms with van der Waals surface area (Å²) >= 11 is 1.44. The molecule has 9 heavy (non-hydrogen) atoms. The molecule has 0 aromatic heterocycles. The lowest BCUT2D eigenvalue weighted by atomic mass is 10.1. The molecule has 0 fully saturated rings. The summed E-state index contributed by atoms with van der Waals surface area (Å²) < 4.78 is 0. The molecular weight excluding hydrogens is 138 g/mol. The Morgan fingerprint density at radius 3 is 2.89 bits per heavy atom. The van der Waals surface area contributed by atoms with Gasteiger partial charge in [0.05, 0.1) is 5.55 Å². The largest absolute Gasteiger partial charge is 0.479 e. The van der Waals surface area contributed by atoms with E-state index in [1.807, 2.05) is 0 Å². The van der Waals surface area contributed by atoms with Crippen LogP contribution in [0.2, 0.25) is 0 Å². The van der Waals surface area contributed by atoms with Crippen molar-refractivity contribution in [3.05, 3.63) is 0 Å². The summed E-state index contributed by atoms with van der Waals surface area (Å²) in [6.45, 7) is 1.62. The van der Waals surface area contributed by atoms with Crippen LogP contribution in [0, 0.1) is 0 Å². The molecule has 4 heteroatoms. The molecule has 3 nitrogen and oxygen atoms in total. The van der Waals surface area contributed by atoms with Crippen LogP contribution in [0.25, 0.3) is 0 Å². The molecule has 1 heterocycles. The highest BCUT2D eigenvalue weighted by Gasteiger charge is 2.34. The maximum absolute atomic E-state index is 10.4. The highest BCUT2D eigenvalue weighted by molar-refractivity contribution is 8.12. The van der Waals surface area contributed by atoms with Gasteiger partial charge in [-0.05, 0) is 6.92 Å². The van der Waals surface area contributed by atoms with Crippen LogP contribution >= 0.6 is 11.8 Å². The van der Waals surface area contributed by atoms with E-state index in [1.165, 1.54) is 11.8 Å². The van der Waals surface area contributed by atoms with E-state index < -0.39 is 11.5 Å². The van der Waals surface area contributed by atoms with Crippen molar-refractivity contribution in [1.82, 2.24) is 0 Å². The van der Waals surface area contributed by atoms with Crippen molar-refractivity contribution in [2.75, 3.05) is 5.75 Å².